The molecule has 0 fully saturated rings. The maximum Gasteiger partial charge on any atom is 0.138 e. The minimum absolute atomic E-state index is 0.669. The Kier molecular flexibility index (Phi) is 3.19. The third-order valence-electron chi connectivity index (χ3n) is 2.99. The summed E-state index contributed by atoms with van der Waals surface area (Å²) in [5.41, 5.74) is 3.01. The first-order valence-electron chi connectivity index (χ1n) is 6.01. The van der Waals surface area contributed by atoms with Crippen LogP contribution in [0.1, 0.15) is 5.56 Å². The Bertz CT molecular complexity index is 720. The molecule has 3 aromatic rings. The third kappa shape index (κ3) is 2.20. The van der Waals surface area contributed by atoms with Crippen molar-refractivity contribution in [3.05, 3.63) is 53.4 Å². The number of rotatable bonds is 3. The minimum Gasteiger partial charge on any atom is -0.316 e. The zero-order valence-corrected chi connectivity index (χ0v) is 11.2. The van der Waals surface area contributed by atoms with Gasteiger partial charge in [-0.2, -0.15) is 0 Å². The van der Waals surface area contributed by atoms with Crippen LogP contribution >= 0.6 is 11.6 Å². The molecule has 4 nitrogen and oxygen atoms in total. The fraction of sp³-hybridized carbons (Fsp3) is 0.143. The number of aromatic nitrogens is 3. The molecule has 0 aliphatic heterocycles. The molecule has 0 saturated heterocycles. The van der Waals surface area contributed by atoms with Crippen molar-refractivity contribution in [3.63, 3.8) is 0 Å². The Morgan fingerprint density at radius 2 is 2.11 bits per heavy atom. The summed E-state index contributed by atoms with van der Waals surface area (Å²) in [5.74, 6) is 0.823. The van der Waals surface area contributed by atoms with E-state index >= 15 is 0 Å². The summed E-state index contributed by atoms with van der Waals surface area (Å²) in [5, 5.41) is 3.77. The van der Waals surface area contributed by atoms with Gasteiger partial charge in [0.2, 0.25) is 0 Å². The van der Waals surface area contributed by atoms with Crippen molar-refractivity contribution in [1.29, 1.82) is 0 Å². The van der Waals surface area contributed by atoms with Crippen molar-refractivity contribution >= 4 is 22.6 Å². The summed E-state index contributed by atoms with van der Waals surface area (Å²) in [7, 11) is 1.89. The fourth-order valence-corrected chi connectivity index (χ4v) is 2.24. The van der Waals surface area contributed by atoms with Crippen LogP contribution in [-0.4, -0.2) is 21.6 Å². The number of hydrogen-bond donors (Lipinski definition) is 1. The number of nitrogens with zero attached hydrogens (tertiary/aromatic N) is 3. The molecule has 2 aromatic heterocycles. The molecule has 2 heterocycles. The second kappa shape index (κ2) is 4.99. The molecule has 0 atom stereocenters. The highest BCUT2D eigenvalue weighted by Gasteiger charge is 2.07. The number of halogens is 1. The fourth-order valence-electron chi connectivity index (χ4n) is 2.07. The van der Waals surface area contributed by atoms with E-state index in [1.165, 1.54) is 0 Å². The van der Waals surface area contributed by atoms with Crippen LogP contribution in [-0.2, 0) is 6.54 Å². The molecule has 0 bridgehead atoms. The van der Waals surface area contributed by atoms with Crippen molar-refractivity contribution in [2.45, 2.75) is 6.54 Å². The van der Waals surface area contributed by atoms with E-state index in [0.717, 1.165) is 22.4 Å². The summed E-state index contributed by atoms with van der Waals surface area (Å²) in [6.45, 7) is 0.709. The lowest BCUT2D eigenvalue weighted by Gasteiger charge is -2.07. The highest BCUT2D eigenvalue weighted by Crippen LogP contribution is 2.20. The van der Waals surface area contributed by atoms with Gasteiger partial charge in [-0.25, -0.2) is 9.97 Å². The zero-order valence-electron chi connectivity index (χ0n) is 10.5. The number of hydrogen-bond acceptors (Lipinski definition) is 3. The lowest BCUT2D eigenvalue weighted by atomic mass is 10.2. The van der Waals surface area contributed by atoms with Crippen LogP contribution in [0.15, 0.2) is 42.9 Å². The first-order chi connectivity index (χ1) is 9.29. The van der Waals surface area contributed by atoms with E-state index in [0.29, 0.717) is 11.6 Å². The predicted molar refractivity (Wildman–Crippen MR) is 76.6 cm³/mol. The summed E-state index contributed by atoms with van der Waals surface area (Å²) in [6, 6.07) is 9.95. The maximum absolute atomic E-state index is 6.13. The van der Waals surface area contributed by atoms with Crippen molar-refractivity contribution in [1.82, 2.24) is 19.9 Å². The largest absolute Gasteiger partial charge is 0.316 e. The highest BCUT2D eigenvalue weighted by atomic mass is 35.5. The van der Waals surface area contributed by atoms with Gasteiger partial charge in [-0.05, 0) is 30.8 Å². The molecule has 19 heavy (non-hydrogen) atoms. The van der Waals surface area contributed by atoms with Gasteiger partial charge in [-0.15, -0.1) is 0 Å². The molecular formula is C14H13ClN4. The Morgan fingerprint density at radius 1 is 1.26 bits per heavy atom. The highest BCUT2D eigenvalue weighted by molar-refractivity contribution is 6.31. The van der Waals surface area contributed by atoms with E-state index in [1.807, 2.05) is 41.9 Å². The van der Waals surface area contributed by atoms with Gasteiger partial charge in [0.05, 0.1) is 16.1 Å². The van der Waals surface area contributed by atoms with Gasteiger partial charge in [0, 0.05) is 12.7 Å². The van der Waals surface area contributed by atoms with Gasteiger partial charge >= 0.3 is 0 Å². The van der Waals surface area contributed by atoms with Crippen molar-refractivity contribution in [2.24, 2.45) is 0 Å². The van der Waals surface area contributed by atoms with Gasteiger partial charge in [-0.3, -0.25) is 4.57 Å². The molecule has 96 valence electrons. The number of pyridine rings is 1. The topological polar surface area (TPSA) is 42.7 Å². The van der Waals surface area contributed by atoms with Gasteiger partial charge in [-0.1, -0.05) is 23.7 Å². The molecule has 5 heteroatoms. The smallest absolute Gasteiger partial charge is 0.138 e. The van der Waals surface area contributed by atoms with Crippen LogP contribution in [0.25, 0.3) is 16.9 Å². The average molecular weight is 273 g/mol. The van der Waals surface area contributed by atoms with E-state index in [4.69, 9.17) is 11.6 Å². The zero-order chi connectivity index (χ0) is 13.2. The summed E-state index contributed by atoms with van der Waals surface area (Å²) in [4.78, 5) is 8.74. The standard InChI is InChI=1S/C14H13ClN4/c1-16-7-10-6-14(17-8-11(10)15)19-9-18-12-4-2-3-5-13(12)19/h2-6,8-9,16H,7H2,1H3. The van der Waals surface area contributed by atoms with Gasteiger partial charge in [0.1, 0.15) is 12.1 Å². The van der Waals surface area contributed by atoms with Crippen LogP contribution in [0.4, 0.5) is 0 Å². The molecule has 1 N–H and O–H groups in total. The Balaban J connectivity index is 2.13. The van der Waals surface area contributed by atoms with Gasteiger partial charge in [0.15, 0.2) is 0 Å². The molecular weight excluding hydrogens is 260 g/mol. The normalized spacial score (nSPS) is 11.1. The summed E-state index contributed by atoms with van der Waals surface area (Å²) >= 11 is 6.13. The van der Waals surface area contributed by atoms with E-state index < -0.39 is 0 Å². The molecule has 0 spiro atoms. The summed E-state index contributed by atoms with van der Waals surface area (Å²) < 4.78 is 1.96. The van der Waals surface area contributed by atoms with Crippen LogP contribution in [0, 0.1) is 0 Å². The monoisotopic (exact) mass is 272 g/mol. The SMILES string of the molecule is CNCc1cc(-n2cnc3ccccc32)ncc1Cl. The van der Waals surface area contributed by atoms with E-state index in [1.54, 1.807) is 12.5 Å². The van der Waals surface area contributed by atoms with Crippen molar-refractivity contribution in [3.8, 4) is 5.82 Å². The molecule has 0 aliphatic carbocycles. The van der Waals surface area contributed by atoms with Crippen LogP contribution in [0.2, 0.25) is 5.02 Å². The predicted octanol–water partition coefficient (Wildman–Crippen LogP) is 2.79. The molecule has 0 aliphatic rings. The molecule has 0 saturated carbocycles. The minimum atomic E-state index is 0.669. The summed E-state index contributed by atoms with van der Waals surface area (Å²) in [6.07, 6.45) is 3.46. The average Bonchev–Trinajstić information content (AvgIpc) is 2.85. The second-order valence-electron chi connectivity index (χ2n) is 4.27. The van der Waals surface area contributed by atoms with Crippen LogP contribution in [0.3, 0.4) is 0 Å². The number of benzene rings is 1. The number of nitrogens with one attached hydrogen (secondary N) is 1. The van der Waals surface area contributed by atoms with Gasteiger partial charge < -0.3 is 5.32 Å². The van der Waals surface area contributed by atoms with Crippen molar-refractivity contribution < 1.29 is 0 Å². The molecule has 0 radical (unpaired) electrons. The lowest BCUT2D eigenvalue weighted by molar-refractivity contribution is 0.813. The number of fused-ring (bicyclic) bond motifs is 1. The molecule has 0 unspecified atom stereocenters. The van der Waals surface area contributed by atoms with Crippen LogP contribution in [0.5, 0.6) is 0 Å². The van der Waals surface area contributed by atoms with Gasteiger partial charge in [0.25, 0.3) is 0 Å². The second-order valence-corrected chi connectivity index (χ2v) is 4.67. The van der Waals surface area contributed by atoms with Crippen molar-refractivity contribution in [2.75, 3.05) is 7.05 Å². The molecule has 1 aromatic carbocycles. The van der Waals surface area contributed by atoms with E-state index in [2.05, 4.69) is 15.3 Å². The quantitative estimate of drug-likeness (QED) is 0.797. The third-order valence-corrected chi connectivity index (χ3v) is 3.33. The Labute approximate surface area is 116 Å². The van der Waals surface area contributed by atoms with E-state index in [9.17, 15) is 0 Å². The number of para-hydroxylation sites is 2. The number of imidazole rings is 1. The molecule has 0 amide bonds. The first-order valence-corrected chi connectivity index (χ1v) is 6.39. The Morgan fingerprint density at radius 3 is 2.95 bits per heavy atom. The lowest BCUT2D eigenvalue weighted by Crippen LogP contribution is -2.07. The molecule has 3 rings (SSSR count). The Hall–Kier alpha value is -1.91. The first kappa shape index (κ1) is 12.1. The maximum atomic E-state index is 6.13. The van der Waals surface area contributed by atoms with E-state index in [-0.39, 0.29) is 0 Å². The van der Waals surface area contributed by atoms with Crippen LogP contribution < -0.4 is 5.32 Å².